The number of nitrogens with zero attached hydrogens (tertiary/aromatic N) is 1. The summed E-state index contributed by atoms with van der Waals surface area (Å²) in [4.78, 5) is 4.62. The third-order valence-corrected chi connectivity index (χ3v) is 3.46. The lowest BCUT2D eigenvalue weighted by Crippen LogP contribution is -2.40. The third-order valence-electron chi connectivity index (χ3n) is 3.46. The third kappa shape index (κ3) is 4.56. The molecule has 1 unspecified atom stereocenters. The molecule has 1 fully saturated rings. The van der Waals surface area contributed by atoms with E-state index in [1.165, 1.54) is 0 Å². The van der Waals surface area contributed by atoms with E-state index >= 15 is 0 Å². The van der Waals surface area contributed by atoms with Crippen LogP contribution in [-0.2, 0) is 11.2 Å². The molecule has 112 valence electrons. The zero-order valence-electron chi connectivity index (χ0n) is 12.4. The minimum absolute atomic E-state index is 0.0939. The molecular formula is C15H25N3O2. The summed E-state index contributed by atoms with van der Waals surface area (Å²) in [6.45, 7) is 7.41. The van der Waals surface area contributed by atoms with Crippen molar-refractivity contribution in [2.45, 2.75) is 38.7 Å². The van der Waals surface area contributed by atoms with Gasteiger partial charge in [-0.25, -0.2) is 0 Å². The zero-order valence-corrected chi connectivity index (χ0v) is 12.4. The van der Waals surface area contributed by atoms with Gasteiger partial charge in [0.2, 0.25) is 0 Å². The van der Waals surface area contributed by atoms with Crippen molar-refractivity contribution in [3.05, 3.63) is 24.2 Å². The number of rotatable bonds is 6. The van der Waals surface area contributed by atoms with E-state index in [-0.39, 0.29) is 5.60 Å². The molecule has 2 rings (SSSR count). The maximum atomic E-state index is 5.75. The average molecular weight is 279 g/mol. The molecule has 0 radical (unpaired) electrons. The summed E-state index contributed by atoms with van der Waals surface area (Å²) in [7, 11) is 0. The molecule has 1 atom stereocenters. The first kappa shape index (κ1) is 14.9. The second kappa shape index (κ2) is 7.33. The molecule has 1 aliphatic rings. The number of nitrogens with one attached hydrogen (secondary N) is 2. The Balaban J connectivity index is 1.79. The highest BCUT2D eigenvalue weighted by atomic mass is 16.5. The number of hydrogen-bond donors (Lipinski definition) is 2. The van der Waals surface area contributed by atoms with E-state index in [1.54, 1.807) is 6.26 Å². The summed E-state index contributed by atoms with van der Waals surface area (Å²) in [5, 5.41) is 6.58. The monoisotopic (exact) mass is 279 g/mol. The number of hydrogen-bond acceptors (Lipinski definition) is 3. The summed E-state index contributed by atoms with van der Waals surface area (Å²) in [6.07, 6.45) is 4.77. The van der Waals surface area contributed by atoms with E-state index in [1.807, 2.05) is 12.1 Å². The minimum atomic E-state index is -0.0939. The Labute approximate surface area is 120 Å². The van der Waals surface area contributed by atoms with Gasteiger partial charge in [-0.05, 0) is 38.8 Å². The molecule has 0 saturated carbocycles. The van der Waals surface area contributed by atoms with E-state index in [2.05, 4.69) is 29.5 Å². The van der Waals surface area contributed by atoms with Crippen molar-refractivity contribution in [2.75, 3.05) is 26.2 Å². The van der Waals surface area contributed by atoms with Crippen LogP contribution >= 0.6 is 0 Å². The molecule has 0 aliphatic carbocycles. The molecule has 1 aliphatic heterocycles. The van der Waals surface area contributed by atoms with Crippen LogP contribution in [-0.4, -0.2) is 37.8 Å². The summed E-state index contributed by atoms with van der Waals surface area (Å²) >= 11 is 0. The van der Waals surface area contributed by atoms with Gasteiger partial charge in [0.15, 0.2) is 5.96 Å². The Morgan fingerprint density at radius 3 is 3.00 bits per heavy atom. The molecule has 0 aromatic carbocycles. The second-order valence-corrected chi connectivity index (χ2v) is 5.35. The van der Waals surface area contributed by atoms with Gasteiger partial charge in [-0.2, -0.15) is 0 Å². The average Bonchev–Trinajstić information content (AvgIpc) is 3.08. The van der Waals surface area contributed by atoms with Crippen molar-refractivity contribution >= 4 is 5.96 Å². The normalized spacial score (nSPS) is 23.0. The highest BCUT2D eigenvalue weighted by Gasteiger charge is 2.29. The van der Waals surface area contributed by atoms with Crippen LogP contribution in [0.15, 0.2) is 27.8 Å². The highest BCUT2D eigenvalue weighted by molar-refractivity contribution is 5.79. The van der Waals surface area contributed by atoms with Crippen LogP contribution in [0, 0.1) is 0 Å². The lowest BCUT2D eigenvalue weighted by molar-refractivity contribution is 0.0283. The Hall–Kier alpha value is -1.49. The summed E-state index contributed by atoms with van der Waals surface area (Å²) < 4.78 is 11.1. The Morgan fingerprint density at radius 2 is 2.35 bits per heavy atom. The van der Waals surface area contributed by atoms with Gasteiger partial charge in [-0.3, -0.25) is 4.99 Å². The lowest BCUT2D eigenvalue weighted by Gasteiger charge is -2.21. The van der Waals surface area contributed by atoms with Gasteiger partial charge in [-0.1, -0.05) is 0 Å². The fourth-order valence-corrected chi connectivity index (χ4v) is 2.31. The van der Waals surface area contributed by atoms with Crippen molar-refractivity contribution in [3.8, 4) is 0 Å². The first-order valence-electron chi connectivity index (χ1n) is 7.40. The highest BCUT2D eigenvalue weighted by Crippen LogP contribution is 2.24. The van der Waals surface area contributed by atoms with Gasteiger partial charge in [0.1, 0.15) is 5.76 Å². The fourth-order valence-electron chi connectivity index (χ4n) is 2.31. The van der Waals surface area contributed by atoms with Gasteiger partial charge in [0.25, 0.3) is 0 Å². The van der Waals surface area contributed by atoms with Crippen LogP contribution in [0.1, 0.15) is 32.4 Å². The number of guanidine groups is 1. The summed E-state index contributed by atoms with van der Waals surface area (Å²) in [6, 6.07) is 3.89. The van der Waals surface area contributed by atoms with Crippen molar-refractivity contribution in [1.82, 2.24) is 10.6 Å². The van der Waals surface area contributed by atoms with Gasteiger partial charge in [0, 0.05) is 26.1 Å². The summed E-state index contributed by atoms with van der Waals surface area (Å²) in [5.41, 5.74) is -0.0939. The van der Waals surface area contributed by atoms with E-state index in [0.717, 1.165) is 50.7 Å². The molecule has 2 heterocycles. The SMILES string of the molecule is CCNC(=NCC1(C)CCCO1)NCCc1ccco1. The second-order valence-electron chi connectivity index (χ2n) is 5.35. The Morgan fingerprint density at radius 1 is 1.45 bits per heavy atom. The Kier molecular flexibility index (Phi) is 5.47. The largest absolute Gasteiger partial charge is 0.469 e. The van der Waals surface area contributed by atoms with Gasteiger partial charge >= 0.3 is 0 Å². The maximum absolute atomic E-state index is 5.75. The van der Waals surface area contributed by atoms with E-state index in [0.29, 0.717) is 6.54 Å². The van der Waals surface area contributed by atoms with Crippen LogP contribution in [0.4, 0.5) is 0 Å². The summed E-state index contributed by atoms with van der Waals surface area (Å²) in [5.74, 6) is 1.83. The molecular weight excluding hydrogens is 254 g/mol. The van der Waals surface area contributed by atoms with Crippen molar-refractivity contribution in [2.24, 2.45) is 4.99 Å². The first-order chi connectivity index (χ1) is 9.72. The predicted molar refractivity (Wildman–Crippen MR) is 80.0 cm³/mol. The quantitative estimate of drug-likeness (QED) is 0.617. The molecule has 2 N–H and O–H groups in total. The number of furan rings is 1. The fraction of sp³-hybridized carbons (Fsp3) is 0.667. The van der Waals surface area contributed by atoms with Gasteiger partial charge < -0.3 is 19.8 Å². The number of aliphatic imine (C=N–C) groups is 1. The molecule has 0 spiro atoms. The predicted octanol–water partition coefficient (Wildman–Crippen LogP) is 1.95. The van der Waals surface area contributed by atoms with Crippen molar-refractivity contribution < 1.29 is 9.15 Å². The molecule has 0 bridgehead atoms. The van der Waals surface area contributed by atoms with Crippen LogP contribution < -0.4 is 10.6 Å². The molecule has 1 aromatic rings. The molecule has 1 saturated heterocycles. The van der Waals surface area contributed by atoms with Gasteiger partial charge in [-0.15, -0.1) is 0 Å². The molecule has 5 heteroatoms. The zero-order chi connectivity index (χ0) is 14.3. The van der Waals surface area contributed by atoms with Crippen LogP contribution in [0.5, 0.6) is 0 Å². The lowest BCUT2D eigenvalue weighted by atomic mass is 10.0. The molecule has 1 aromatic heterocycles. The van der Waals surface area contributed by atoms with E-state index in [9.17, 15) is 0 Å². The van der Waals surface area contributed by atoms with Crippen molar-refractivity contribution in [1.29, 1.82) is 0 Å². The maximum Gasteiger partial charge on any atom is 0.191 e. The standard InChI is InChI=1S/C15H25N3O2/c1-3-16-14(17-9-7-13-6-4-10-19-13)18-12-15(2)8-5-11-20-15/h4,6,10H,3,5,7-9,11-12H2,1-2H3,(H2,16,17,18). The van der Waals surface area contributed by atoms with Crippen molar-refractivity contribution in [3.63, 3.8) is 0 Å². The smallest absolute Gasteiger partial charge is 0.191 e. The molecule has 5 nitrogen and oxygen atoms in total. The molecule has 20 heavy (non-hydrogen) atoms. The van der Waals surface area contributed by atoms with E-state index < -0.39 is 0 Å². The van der Waals surface area contributed by atoms with Crippen LogP contribution in [0.25, 0.3) is 0 Å². The van der Waals surface area contributed by atoms with Crippen LogP contribution in [0.2, 0.25) is 0 Å². The number of ether oxygens (including phenoxy) is 1. The Bertz CT molecular complexity index is 409. The first-order valence-corrected chi connectivity index (χ1v) is 7.40. The molecule has 0 amide bonds. The van der Waals surface area contributed by atoms with Crippen LogP contribution in [0.3, 0.4) is 0 Å². The van der Waals surface area contributed by atoms with Gasteiger partial charge in [0.05, 0.1) is 18.4 Å². The van der Waals surface area contributed by atoms with E-state index in [4.69, 9.17) is 9.15 Å². The minimum Gasteiger partial charge on any atom is -0.469 e. The topological polar surface area (TPSA) is 58.8 Å².